The Hall–Kier alpha value is -2.47. The summed E-state index contributed by atoms with van der Waals surface area (Å²) in [5, 5.41) is 6.26. The normalized spacial score (nSPS) is 14.8. The third-order valence-corrected chi connectivity index (χ3v) is 4.95. The number of hydrogen-bond acceptors (Lipinski definition) is 4. The molecule has 27 heavy (non-hydrogen) atoms. The van der Waals surface area contributed by atoms with Crippen LogP contribution >= 0.6 is 12.2 Å². The molecule has 2 N–H and O–H groups in total. The SMILES string of the molecule is Cc1ccc(N2CCCCCCC2)c(NC(=S)NC(=O)c2cccnc2)c1. The topological polar surface area (TPSA) is 57.3 Å². The lowest BCUT2D eigenvalue weighted by molar-refractivity contribution is 0.0977. The second-order valence-electron chi connectivity index (χ2n) is 6.93. The Kier molecular flexibility index (Phi) is 6.76. The average molecular weight is 383 g/mol. The van der Waals surface area contributed by atoms with Gasteiger partial charge in [-0.25, -0.2) is 0 Å². The molecule has 6 heteroatoms. The number of amides is 1. The van der Waals surface area contributed by atoms with E-state index in [0.29, 0.717) is 10.7 Å². The van der Waals surface area contributed by atoms with Gasteiger partial charge in [0.25, 0.3) is 5.91 Å². The third kappa shape index (κ3) is 5.50. The number of nitrogens with one attached hydrogen (secondary N) is 2. The van der Waals surface area contributed by atoms with Gasteiger partial charge in [0, 0.05) is 25.5 Å². The van der Waals surface area contributed by atoms with Crippen LogP contribution in [0.5, 0.6) is 0 Å². The summed E-state index contributed by atoms with van der Waals surface area (Å²) >= 11 is 5.38. The molecule has 0 spiro atoms. The van der Waals surface area contributed by atoms with Crippen LogP contribution < -0.4 is 15.5 Å². The predicted molar refractivity (Wildman–Crippen MR) is 114 cm³/mol. The molecule has 1 amide bonds. The maximum absolute atomic E-state index is 12.3. The fourth-order valence-corrected chi connectivity index (χ4v) is 3.54. The fraction of sp³-hybridized carbons (Fsp3) is 0.381. The van der Waals surface area contributed by atoms with Gasteiger partial charge in [-0.2, -0.15) is 0 Å². The van der Waals surface area contributed by atoms with E-state index in [0.717, 1.165) is 30.0 Å². The van der Waals surface area contributed by atoms with Gasteiger partial charge in [-0.1, -0.05) is 25.3 Å². The van der Waals surface area contributed by atoms with E-state index in [9.17, 15) is 4.79 Å². The molecular formula is C21H26N4OS. The molecule has 0 saturated carbocycles. The number of anilines is 2. The Morgan fingerprint density at radius 3 is 2.56 bits per heavy atom. The minimum Gasteiger partial charge on any atom is -0.370 e. The highest BCUT2D eigenvalue weighted by atomic mass is 32.1. The molecule has 0 atom stereocenters. The van der Waals surface area contributed by atoms with Gasteiger partial charge in [0.15, 0.2) is 5.11 Å². The maximum Gasteiger partial charge on any atom is 0.258 e. The average Bonchev–Trinajstić information content (AvgIpc) is 2.63. The Labute approximate surface area is 166 Å². The van der Waals surface area contributed by atoms with E-state index < -0.39 is 0 Å². The zero-order valence-corrected chi connectivity index (χ0v) is 16.5. The van der Waals surface area contributed by atoms with Crippen LogP contribution in [0.25, 0.3) is 0 Å². The Morgan fingerprint density at radius 1 is 1.11 bits per heavy atom. The van der Waals surface area contributed by atoms with Gasteiger partial charge < -0.3 is 10.2 Å². The van der Waals surface area contributed by atoms with Crippen molar-refractivity contribution in [2.75, 3.05) is 23.3 Å². The summed E-state index contributed by atoms with van der Waals surface area (Å²) in [5.74, 6) is -0.263. The van der Waals surface area contributed by atoms with Crippen molar-refractivity contribution in [3.05, 3.63) is 53.9 Å². The molecule has 5 nitrogen and oxygen atoms in total. The zero-order valence-electron chi connectivity index (χ0n) is 15.7. The largest absolute Gasteiger partial charge is 0.370 e. The van der Waals surface area contributed by atoms with Gasteiger partial charge in [0.1, 0.15) is 0 Å². The van der Waals surface area contributed by atoms with Crippen LogP contribution in [0.1, 0.15) is 48.0 Å². The first-order valence-electron chi connectivity index (χ1n) is 9.51. The molecule has 1 aliphatic rings. The lowest BCUT2D eigenvalue weighted by atomic mass is 10.1. The van der Waals surface area contributed by atoms with E-state index in [1.54, 1.807) is 18.3 Å². The summed E-state index contributed by atoms with van der Waals surface area (Å²) in [6.45, 7) is 4.15. The minimum atomic E-state index is -0.263. The molecule has 1 fully saturated rings. The smallest absolute Gasteiger partial charge is 0.258 e. The van der Waals surface area contributed by atoms with E-state index in [1.165, 1.54) is 38.3 Å². The lowest BCUT2D eigenvalue weighted by Crippen LogP contribution is -2.35. The van der Waals surface area contributed by atoms with Crippen LogP contribution in [0.15, 0.2) is 42.7 Å². The number of aromatic nitrogens is 1. The zero-order chi connectivity index (χ0) is 19.1. The number of carbonyl (C=O) groups is 1. The first kappa shape index (κ1) is 19.3. The highest BCUT2D eigenvalue weighted by Gasteiger charge is 2.15. The van der Waals surface area contributed by atoms with E-state index in [1.807, 2.05) is 0 Å². The molecule has 0 unspecified atom stereocenters. The summed E-state index contributed by atoms with van der Waals surface area (Å²) in [6.07, 6.45) is 9.46. The van der Waals surface area contributed by atoms with Crippen LogP contribution in [0.4, 0.5) is 11.4 Å². The number of benzene rings is 1. The van der Waals surface area contributed by atoms with Gasteiger partial charge in [-0.05, 0) is 61.8 Å². The number of thiocarbonyl (C=S) groups is 1. The molecule has 1 aromatic carbocycles. The first-order valence-corrected chi connectivity index (χ1v) is 9.92. The Bertz CT molecular complexity index is 786. The summed E-state index contributed by atoms with van der Waals surface area (Å²) in [6, 6.07) is 9.78. The van der Waals surface area contributed by atoms with Crippen molar-refractivity contribution in [2.24, 2.45) is 0 Å². The van der Waals surface area contributed by atoms with E-state index >= 15 is 0 Å². The lowest BCUT2D eigenvalue weighted by Gasteiger charge is -2.29. The van der Waals surface area contributed by atoms with Crippen molar-refractivity contribution in [3.63, 3.8) is 0 Å². The summed E-state index contributed by atoms with van der Waals surface area (Å²) in [7, 11) is 0. The van der Waals surface area contributed by atoms with Gasteiger partial charge in [-0.3, -0.25) is 15.1 Å². The second-order valence-corrected chi connectivity index (χ2v) is 7.33. The quantitative estimate of drug-likeness (QED) is 0.776. The van der Waals surface area contributed by atoms with Crippen LogP contribution in [-0.4, -0.2) is 29.1 Å². The molecule has 2 aromatic rings. The summed E-state index contributed by atoms with van der Waals surface area (Å²) in [5.41, 5.74) is 3.71. The van der Waals surface area contributed by atoms with Crippen LogP contribution in [0.3, 0.4) is 0 Å². The van der Waals surface area contributed by atoms with Gasteiger partial charge >= 0.3 is 0 Å². The van der Waals surface area contributed by atoms with Gasteiger partial charge in [0.2, 0.25) is 0 Å². The standard InChI is InChI=1S/C21H26N4OS/c1-16-9-10-19(25-12-5-3-2-4-6-13-25)18(14-16)23-21(27)24-20(26)17-8-7-11-22-15-17/h7-11,14-15H,2-6,12-13H2,1H3,(H2,23,24,26,27). The van der Waals surface area contributed by atoms with E-state index in [4.69, 9.17) is 12.2 Å². The second kappa shape index (κ2) is 9.46. The number of pyridine rings is 1. The number of aryl methyl sites for hydroxylation is 1. The van der Waals surface area contributed by atoms with Crippen molar-refractivity contribution in [2.45, 2.75) is 39.0 Å². The molecular weight excluding hydrogens is 356 g/mol. The highest BCUT2D eigenvalue weighted by Crippen LogP contribution is 2.29. The van der Waals surface area contributed by atoms with Gasteiger partial charge in [-0.15, -0.1) is 0 Å². The molecule has 1 aromatic heterocycles. The summed E-state index contributed by atoms with van der Waals surface area (Å²) < 4.78 is 0. The molecule has 1 aliphatic heterocycles. The van der Waals surface area contributed by atoms with Crippen LogP contribution in [0.2, 0.25) is 0 Å². The van der Waals surface area contributed by atoms with Crippen molar-refractivity contribution < 1.29 is 4.79 Å². The number of nitrogens with zero attached hydrogens (tertiary/aromatic N) is 2. The molecule has 3 rings (SSSR count). The monoisotopic (exact) mass is 382 g/mol. The Balaban J connectivity index is 1.72. The van der Waals surface area contributed by atoms with E-state index in [-0.39, 0.29) is 5.91 Å². The Morgan fingerprint density at radius 2 is 1.85 bits per heavy atom. The van der Waals surface area contributed by atoms with Crippen molar-refractivity contribution in [1.29, 1.82) is 0 Å². The maximum atomic E-state index is 12.3. The van der Waals surface area contributed by atoms with Crippen molar-refractivity contribution >= 4 is 34.6 Å². The number of hydrogen-bond donors (Lipinski definition) is 2. The number of carbonyl (C=O) groups excluding carboxylic acids is 1. The molecule has 0 bridgehead atoms. The third-order valence-electron chi connectivity index (χ3n) is 4.75. The fourth-order valence-electron chi connectivity index (χ4n) is 3.34. The summed E-state index contributed by atoms with van der Waals surface area (Å²) in [4.78, 5) is 18.7. The first-order chi connectivity index (χ1) is 13.1. The molecule has 0 aliphatic carbocycles. The van der Waals surface area contributed by atoms with Crippen molar-refractivity contribution in [3.8, 4) is 0 Å². The van der Waals surface area contributed by atoms with Crippen molar-refractivity contribution in [1.82, 2.24) is 10.3 Å². The van der Waals surface area contributed by atoms with Crippen LogP contribution in [0, 0.1) is 6.92 Å². The highest BCUT2D eigenvalue weighted by molar-refractivity contribution is 7.80. The van der Waals surface area contributed by atoms with E-state index in [2.05, 4.69) is 45.6 Å². The predicted octanol–water partition coefficient (Wildman–Crippen LogP) is 4.29. The minimum absolute atomic E-state index is 0.263. The molecule has 0 radical (unpaired) electrons. The molecule has 142 valence electrons. The van der Waals surface area contributed by atoms with Crippen LogP contribution in [-0.2, 0) is 0 Å². The van der Waals surface area contributed by atoms with Gasteiger partial charge in [0.05, 0.1) is 16.9 Å². The molecule has 1 saturated heterocycles. The molecule has 2 heterocycles. The number of rotatable bonds is 3.